The molecule has 4 rings (SSSR count). The van der Waals surface area contributed by atoms with Gasteiger partial charge in [-0.15, -0.1) is 10.2 Å². The molecule has 1 aliphatic heterocycles. The van der Waals surface area contributed by atoms with E-state index in [0.29, 0.717) is 19.5 Å². The van der Waals surface area contributed by atoms with E-state index in [0.717, 1.165) is 6.07 Å². The average Bonchev–Trinajstić information content (AvgIpc) is 3.47. The van der Waals surface area contributed by atoms with Crippen molar-refractivity contribution >= 4 is 22.6 Å². The number of benzene rings is 1. The minimum absolute atomic E-state index is 0.0166. The van der Waals surface area contributed by atoms with Gasteiger partial charge in [0.25, 0.3) is 5.88 Å². The Morgan fingerprint density at radius 1 is 1.26 bits per heavy atom. The SMILES string of the molecule is C=CC(=O)N1CCC(n2cc(C#Cc3c(F)c(OC)cc(OC)c3F)c3c(N)nnc(O)c32)C1. The van der Waals surface area contributed by atoms with Gasteiger partial charge < -0.3 is 29.8 Å². The van der Waals surface area contributed by atoms with Gasteiger partial charge in [-0.3, -0.25) is 4.79 Å². The van der Waals surface area contributed by atoms with E-state index in [1.807, 2.05) is 0 Å². The third-order valence-corrected chi connectivity index (χ3v) is 5.69. The number of carbonyl (C=O) groups excluding carboxylic acids is 1. The molecule has 1 saturated heterocycles. The van der Waals surface area contributed by atoms with Crippen LogP contribution in [0.25, 0.3) is 10.9 Å². The van der Waals surface area contributed by atoms with Crippen molar-refractivity contribution in [3.05, 3.63) is 47.7 Å². The zero-order valence-corrected chi connectivity index (χ0v) is 18.4. The summed E-state index contributed by atoms with van der Waals surface area (Å²) in [7, 11) is 2.48. The molecule has 9 nitrogen and oxygen atoms in total. The van der Waals surface area contributed by atoms with Crippen molar-refractivity contribution in [1.29, 1.82) is 0 Å². The first-order valence-electron chi connectivity index (χ1n) is 10.2. The van der Waals surface area contributed by atoms with Crippen molar-refractivity contribution in [2.24, 2.45) is 0 Å². The molecule has 176 valence electrons. The number of fused-ring (bicyclic) bond motifs is 1. The summed E-state index contributed by atoms with van der Waals surface area (Å²) in [6, 6.07) is 0.867. The highest BCUT2D eigenvalue weighted by atomic mass is 19.1. The van der Waals surface area contributed by atoms with Crippen LogP contribution in [0.3, 0.4) is 0 Å². The van der Waals surface area contributed by atoms with Crippen LogP contribution in [0.5, 0.6) is 17.4 Å². The molecule has 1 unspecified atom stereocenters. The van der Waals surface area contributed by atoms with E-state index in [1.54, 1.807) is 15.7 Å². The maximum absolute atomic E-state index is 14.8. The first kappa shape index (κ1) is 22.8. The number of methoxy groups -OCH3 is 2. The monoisotopic (exact) mass is 469 g/mol. The molecule has 1 aromatic carbocycles. The molecule has 3 N–H and O–H groups in total. The third kappa shape index (κ3) is 3.73. The summed E-state index contributed by atoms with van der Waals surface area (Å²) in [4.78, 5) is 13.6. The van der Waals surface area contributed by atoms with Gasteiger partial charge in [-0.2, -0.15) is 0 Å². The molecular formula is C23H21F2N5O4. The van der Waals surface area contributed by atoms with Crippen LogP contribution in [0.2, 0.25) is 0 Å². The Labute approximate surface area is 193 Å². The summed E-state index contributed by atoms with van der Waals surface area (Å²) >= 11 is 0. The molecule has 0 bridgehead atoms. The number of hydrogen-bond donors (Lipinski definition) is 2. The van der Waals surface area contributed by atoms with Crippen LogP contribution >= 0.6 is 0 Å². The lowest BCUT2D eigenvalue weighted by molar-refractivity contribution is -0.125. The maximum Gasteiger partial charge on any atom is 0.256 e. The van der Waals surface area contributed by atoms with Crippen molar-refractivity contribution in [2.45, 2.75) is 12.5 Å². The van der Waals surface area contributed by atoms with Crippen molar-refractivity contribution in [2.75, 3.05) is 33.0 Å². The topological polar surface area (TPSA) is 116 Å². The molecule has 1 atom stereocenters. The summed E-state index contributed by atoms with van der Waals surface area (Å²) in [6.07, 6.45) is 3.42. The molecule has 11 heteroatoms. The molecule has 3 heterocycles. The highest BCUT2D eigenvalue weighted by Gasteiger charge is 2.29. The summed E-state index contributed by atoms with van der Waals surface area (Å²) in [5, 5.41) is 18.1. The largest absolute Gasteiger partial charge is 0.493 e. The van der Waals surface area contributed by atoms with E-state index in [2.05, 4.69) is 28.6 Å². The molecule has 1 fully saturated rings. The second-order valence-corrected chi connectivity index (χ2v) is 7.55. The van der Waals surface area contributed by atoms with E-state index in [9.17, 15) is 18.7 Å². The van der Waals surface area contributed by atoms with E-state index in [-0.39, 0.29) is 51.6 Å². The normalized spacial score (nSPS) is 15.2. The lowest BCUT2D eigenvalue weighted by Gasteiger charge is -2.16. The molecule has 34 heavy (non-hydrogen) atoms. The van der Waals surface area contributed by atoms with Crippen molar-refractivity contribution in [3.8, 4) is 29.2 Å². The van der Waals surface area contributed by atoms with Crippen molar-refractivity contribution < 1.29 is 28.2 Å². The highest BCUT2D eigenvalue weighted by Crippen LogP contribution is 2.36. The Morgan fingerprint density at radius 3 is 2.56 bits per heavy atom. The minimum Gasteiger partial charge on any atom is -0.493 e. The summed E-state index contributed by atoms with van der Waals surface area (Å²) < 4.78 is 41.1. The van der Waals surface area contributed by atoms with Gasteiger partial charge in [0.1, 0.15) is 11.1 Å². The molecule has 0 saturated carbocycles. The molecule has 0 aliphatic carbocycles. The third-order valence-electron chi connectivity index (χ3n) is 5.69. The Morgan fingerprint density at radius 2 is 1.94 bits per heavy atom. The average molecular weight is 469 g/mol. The highest BCUT2D eigenvalue weighted by molar-refractivity contribution is 5.97. The Hall–Kier alpha value is -4.33. The van der Waals surface area contributed by atoms with Crippen LogP contribution in [0.4, 0.5) is 14.6 Å². The molecule has 0 spiro atoms. The molecule has 1 aliphatic rings. The minimum atomic E-state index is -0.984. The van der Waals surface area contributed by atoms with Crippen LogP contribution in [0.15, 0.2) is 24.9 Å². The standard InChI is InChI=1S/C23H21F2N5O4/c1-4-17(31)29-8-7-13(11-29)30-10-12(18-21(30)23(32)28-27-22(18)26)5-6-14-19(24)15(33-2)9-16(34-3)20(14)25/h4,9-10,13H,1,7-8,11H2,2-3H3,(H2,26,27)(H,28,32). The van der Waals surface area contributed by atoms with E-state index in [1.165, 1.54) is 20.3 Å². The van der Waals surface area contributed by atoms with Crippen LogP contribution in [-0.4, -0.2) is 58.0 Å². The van der Waals surface area contributed by atoms with Crippen molar-refractivity contribution in [1.82, 2.24) is 19.7 Å². The number of amides is 1. The van der Waals surface area contributed by atoms with Crippen LogP contribution in [0.1, 0.15) is 23.6 Å². The Kier molecular flexibility index (Phi) is 5.98. The fraction of sp³-hybridized carbons (Fsp3) is 0.261. The van der Waals surface area contributed by atoms with Gasteiger partial charge >= 0.3 is 0 Å². The van der Waals surface area contributed by atoms with Gasteiger partial charge in [-0.05, 0) is 12.5 Å². The van der Waals surface area contributed by atoms with Crippen LogP contribution in [0, 0.1) is 23.5 Å². The molecular weight excluding hydrogens is 448 g/mol. The first-order valence-corrected chi connectivity index (χ1v) is 10.2. The van der Waals surface area contributed by atoms with Gasteiger partial charge in [-0.1, -0.05) is 18.4 Å². The second kappa shape index (κ2) is 8.90. The fourth-order valence-corrected chi connectivity index (χ4v) is 4.02. The number of likely N-dealkylation sites (tertiary alicyclic amines) is 1. The number of nitrogens with zero attached hydrogens (tertiary/aromatic N) is 4. The molecule has 3 aromatic rings. The lowest BCUT2D eigenvalue weighted by Crippen LogP contribution is -2.27. The summed E-state index contributed by atoms with van der Waals surface area (Å²) in [6.45, 7) is 4.36. The number of ether oxygens (including phenoxy) is 2. The van der Waals surface area contributed by atoms with Gasteiger partial charge in [0.05, 0.1) is 31.2 Å². The number of rotatable bonds is 4. The summed E-state index contributed by atoms with van der Waals surface area (Å²) in [5.74, 6) is 2.18. The van der Waals surface area contributed by atoms with Gasteiger partial charge in [0, 0.05) is 25.4 Å². The quantitative estimate of drug-likeness (QED) is 0.445. The van der Waals surface area contributed by atoms with Crippen LogP contribution in [-0.2, 0) is 4.79 Å². The lowest BCUT2D eigenvalue weighted by atomic mass is 10.1. The van der Waals surface area contributed by atoms with E-state index < -0.39 is 17.2 Å². The molecule has 0 radical (unpaired) electrons. The number of nitrogens with two attached hydrogens (primary N) is 1. The van der Waals surface area contributed by atoms with E-state index >= 15 is 0 Å². The number of nitrogen functional groups attached to an aromatic ring is 1. The zero-order chi connectivity index (χ0) is 24.6. The molecule has 2 aromatic heterocycles. The number of aromatic hydroxyl groups is 1. The Balaban J connectivity index is 1.86. The van der Waals surface area contributed by atoms with Crippen LogP contribution < -0.4 is 15.2 Å². The van der Waals surface area contributed by atoms with Gasteiger partial charge in [0.15, 0.2) is 29.0 Å². The number of aromatic nitrogens is 3. The second-order valence-electron chi connectivity index (χ2n) is 7.55. The number of carbonyl (C=O) groups is 1. The number of anilines is 1. The smallest absolute Gasteiger partial charge is 0.256 e. The van der Waals surface area contributed by atoms with Gasteiger partial charge in [0.2, 0.25) is 5.91 Å². The Bertz CT molecular complexity index is 1350. The first-order chi connectivity index (χ1) is 16.3. The maximum atomic E-state index is 14.8. The number of hydrogen-bond acceptors (Lipinski definition) is 7. The fourth-order valence-electron chi connectivity index (χ4n) is 4.02. The zero-order valence-electron chi connectivity index (χ0n) is 18.4. The van der Waals surface area contributed by atoms with Gasteiger partial charge in [-0.25, -0.2) is 8.78 Å². The number of halogens is 2. The summed E-state index contributed by atoms with van der Waals surface area (Å²) in [5.41, 5.74) is 6.01. The molecule has 1 amide bonds. The van der Waals surface area contributed by atoms with E-state index in [4.69, 9.17) is 15.2 Å². The predicted molar refractivity (Wildman–Crippen MR) is 119 cm³/mol. The van der Waals surface area contributed by atoms with Crippen molar-refractivity contribution in [3.63, 3.8) is 0 Å². The predicted octanol–water partition coefficient (Wildman–Crippen LogP) is 2.37.